The molecular weight excluding hydrogens is 168 g/mol. The Labute approximate surface area is 68.9 Å². The van der Waals surface area contributed by atoms with Gasteiger partial charge in [-0.1, -0.05) is 0 Å². The third kappa shape index (κ3) is 2.27. The molecule has 0 aliphatic heterocycles. The molecule has 0 saturated heterocycles. The molecule has 1 aromatic rings. The van der Waals surface area contributed by atoms with Gasteiger partial charge in [0.1, 0.15) is 12.2 Å². The van der Waals surface area contributed by atoms with Gasteiger partial charge in [-0.2, -0.15) is 0 Å². The number of halogens is 1. The summed E-state index contributed by atoms with van der Waals surface area (Å²) in [6.45, 7) is 0. The summed E-state index contributed by atoms with van der Waals surface area (Å²) in [6.07, 6.45) is 0.128. The first-order valence-corrected chi connectivity index (χ1v) is 3.41. The lowest BCUT2D eigenvalue weighted by Gasteiger charge is -1.93. The maximum absolute atomic E-state index is 10.7. The highest BCUT2D eigenvalue weighted by molar-refractivity contribution is 6.28. The van der Waals surface area contributed by atoms with Crippen LogP contribution in [0.5, 0.6) is 0 Å². The number of hydrogen-bond donors (Lipinski definition) is 0. The van der Waals surface area contributed by atoms with Gasteiger partial charge in [-0.25, -0.2) is 0 Å². The first-order valence-electron chi connectivity index (χ1n) is 3.03. The number of furan rings is 1. The summed E-state index contributed by atoms with van der Waals surface area (Å²) < 4.78 is 9.34. The van der Waals surface area contributed by atoms with E-state index in [4.69, 9.17) is 16.0 Å². The standard InChI is InChI=1S/C7H7ClO3/c1-10-7(9)4-5-2-3-6(8)11-5/h2-3H,4H2,1H3. The Bertz CT molecular complexity index is 254. The van der Waals surface area contributed by atoms with Crippen LogP contribution in [0.15, 0.2) is 16.5 Å². The molecule has 0 atom stereocenters. The summed E-state index contributed by atoms with van der Waals surface area (Å²) in [4.78, 5) is 10.7. The highest BCUT2D eigenvalue weighted by Crippen LogP contribution is 2.13. The van der Waals surface area contributed by atoms with Crippen molar-refractivity contribution in [1.29, 1.82) is 0 Å². The summed E-state index contributed by atoms with van der Waals surface area (Å²) in [5, 5.41) is 0.281. The van der Waals surface area contributed by atoms with Crippen molar-refractivity contribution in [3.8, 4) is 0 Å². The van der Waals surface area contributed by atoms with E-state index in [1.165, 1.54) is 7.11 Å². The molecule has 0 N–H and O–H groups in total. The maximum atomic E-state index is 10.7. The fraction of sp³-hybridized carbons (Fsp3) is 0.286. The Hall–Kier alpha value is -0.960. The van der Waals surface area contributed by atoms with Crippen LogP contribution in [-0.2, 0) is 16.0 Å². The van der Waals surface area contributed by atoms with Gasteiger partial charge in [-0.3, -0.25) is 4.79 Å². The zero-order chi connectivity index (χ0) is 8.27. The number of hydrogen-bond acceptors (Lipinski definition) is 3. The normalized spacial score (nSPS) is 9.64. The molecule has 1 heterocycles. The van der Waals surface area contributed by atoms with E-state index in [-0.39, 0.29) is 17.6 Å². The molecule has 1 rings (SSSR count). The minimum atomic E-state index is -0.337. The number of carbonyl (C=O) groups is 1. The van der Waals surface area contributed by atoms with Crippen LogP contribution in [0.1, 0.15) is 5.76 Å². The molecular formula is C7H7ClO3. The Morgan fingerprint density at radius 3 is 2.91 bits per heavy atom. The predicted octanol–water partition coefficient (Wildman–Crippen LogP) is 1.65. The zero-order valence-corrected chi connectivity index (χ0v) is 6.72. The lowest BCUT2D eigenvalue weighted by Crippen LogP contribution is -2.02. The van der Waals surface area contributed by atoms with Gasteiger partial charge >= 0.3 is 5.97 Å². The molecule has 0 unspecified atom stereocenters. The molecule has 0 amide bonds. The molecule has 0 aliphatic rings. The van der Waals surface area contributed by atoms with Gasteiger partial charge in [0.15, 0.2) is 5.22 Å². The van der Waals surface area contributed by atoms with E-state index in [1.54, 1.807) is 12.1 Å². The van der Waals surface area contributed by atoms with Crippen LogP contribution in [0.2, 0.25) is 5.22 Å². The molecule has 0 aromatic carbocycles. The minimum absolute atomic E-state index is 0.128. The van der Waals surface area contributed by atoms with E-state index in [2.05, 4.69) is 4.74 Å². The van der Waals surface area contributed by atoms with Crippen molar-refractivity contribution in [3.63, 3.8) is 0 Å². The second-order valence-corrected chi connectivity index (χ2v) is 2.33. The summed E-state index contributed by atoms with van der Waals surface area (Å²) in [6, 6.07) is 3.22. The number of rotatable bonds is 2. The topological polar surface area (TPSA) is 39.4 Å². The van der Waals surface area contributed by atoms with E-state index < -0.39 is 0 Å². The molecule has 0 saturated carbocycles. The van der Waals surface area contributed by atoms with Gasteiger partial charge < -0.3 is 9.15 Å². The van der Waals surface area contributed by atoms with Crippen LogP contribution in [0, 0.1) is 0 Å². The Balaban J connectivity index is 2.57. The fourth-order valence-corrected chi connectivity index (χ4v) is 0.823. The van der Waals surface area contributed by atoms with Crippen LogP contribution >= 0.6 is 11.6 Å². The van der Waals surface area contributed by atoms with Crippen LogP contribution in [-0.4, -0.2) is 13.1 Å². The monoisotopic (exact) mass is 174 g/mol. The van der Waals surface area contributed by atoms with E-state index >= 15 is 0 Å². The second kappa shape index (κ2) is 3.44. The van der Waals surface area contributed by atoms with E-state index in [1.807, 2.05) is 0 Å². The van der Waals surface area contributed by atoms with Crippen molar-refractivity contribution in [2.45, 2.75) is 6.42 Å². The molecule has 1 aromatic heterocycles. The summed E-state index contributed by atoms with van der Waals surface area (Å²) in [5.41, 5.74) is 0. The van der Waals surface area contributed by atoms with Crippen molar-refractivity contribution in [1.82, 2.24) is 0 Å². The van der Waals surface area contributed by atoms with Gasteiger partial charge in [-0.05, 0) is 23.7 Å². The van der Waals surface area contributed by atoms with Crippen molar-refractivity contribution in [3.05, 3.63) is 23.1 Å². The van der Waals surface area contributed by atoms with Crippen LogP contribution in [0.4, 0.5) is 0 Å². The first-order chi connectivity index (χ1) is 5.22. The van der Waals surface area contributed by atoms with Gasteiger partial charge in [0, 0.05) is 0 Å². The largest absolute Gasteiger partial charge is 0.469 e. The van der Waals surface area contributed by atoms with Crippen molar-refractivity contribution >= 4 is 17.6 Å². The Morgan fingerprint density at radius 1 is 1.73 bits per heavy atom. The average molecular weight is 175 g/mol. The lowest BCUT2D eigenvalue weighted by atomic mass is 10.3. The highest BCUT2D eigenvalue weighted by Gasteiger charge is 2.05. The fourth-order valence-electron chi connectivity index (χ4n) is 0.661. The molecule has 0 spiro atoms. The highest BCUT2D eigenvalue weighted by atomic mass is 35.5. The quantitative estimate of drug-likeness (QED) is 0.640. The van der Waals surface area contributed by atoms with E-state index in [9.17, 15) is 4.79 Å². The Kier molecular flexibility index (Phi) is 2.54. The third-order valence-corrected chi connectivity index (χ3v) is 1.38. The molecule has 0 radical (unpaired) electrons. The molecule has 0 aliphatic carbocycles. The smallest absolute Gasteiger partial charge is 0.313 e. The summed E-state index contributed by atoms with van der Waals surface area (Å²) >= 11 is 5.47. The van der Waals surface area contributed by atoms with Crippen molar-refractivity contribution in [2.24, 2.45) is 0 Å². The van der Waals surface area contributed by atoms with Gasteiger partial charge in [0.25, 0.3) is 0 Å². The SMILES string of the molecule is COC(=O)Cc1ccc(Cl)o1. The van der Waals surface area contributed by atoms with Crippen LogP contribution in [0.3, 0.4) is 0 Å². The minimum Gasteiger partial charge on any atom is -0.469 e. The number of esters is 1. The molecule has 11 heavy (non-hydrogen) atoms. The lowest BCUT2D eigenvalue weighted by molar-refractivity contribution is -0.140. The molecule has 60 valence electrons. The first kappa shape index (κ1) is 8.14. The predicted molar refractivity (Wildman–Crippen MR) is 39.4 cm³/mol. The van der Waals surface area contributed by atoms with E-state index in [0.29, 0.717) is 5.76 Å². The number of carbonyl (C=O) groups excluding carboxylic acids is 1. The van der Waals surface area contributed by atoms with Gasteiger partial charge in [0.05, 0.1) is 7.11 Å². The molecule has 3 nitrogen and oxygen atoms in total. The molecule has 0 bridgehead atoms. The van der Waals surface area contributed by atoms with Crippen LogP contribution < -0.4 is 0 Å². The maximum Gasteiger partial charge on any atom is 0.313 e. The summed E-state index contributed by atoms with van der Waals surface area (Å²) in [5.74, 6) is 0.179. The zero-order valence-electron chi connectivity index (χ0n) is 5.96. The van der Waals surface area contributed by atoms with Crippen molar-refractivity contribution in [2.75, 3.05) is 7.11 Å². The van der Waals surface area contributed by atoms with Gasteiger partial charge in [0.2, 0.25) is 0 Å². The number of ether oxygens (including phenoxy) is 1. The second-order valence-electron chi connectivity index (χ2n) is 1.96. The molecule has 4 heteroatoms. The Morgan fingerprint density at radius 2 is 2.45 bits per heavy atom. The van der Waals surface area contributed by atoms with Crippen LogP contribution in [0.25, 0.3) is 0 Å². The number of methoxy groups -OCH3 is 1. The third-order valence-electron chi connectivity index (χ3n) is 1.18. The summed E-state index contributed by atoms with van der Waals surface area (Å²) in [7, 11) is 1.33. The van der Waals surface area contributed by atoms with Crippen molar-refractivity contribution < 1.29 is 13.9 Å². The van der Waals surface area contributed by atoms with Gasteiger partial charge in [-0.15, -0.1) is 0 Å². The average Bonchev–Trinajstić information content (AvgIpc) is 2.35. The van der Waals surface area contributed by atoms with E-state index in [0.717, 1.165) is 0 Å². The molecule has 0 fully saturated rings.